The van der Waals surface area contributed by atoms with Crippen LogP contribution in [0.25, 0.3) is 0 Å². The number of phenols is 1. The van der Waals surface area contributed by atoms with E-state index in [1.165, 1.54) is 6.42 Å². The summed E-state index contributed by atoms with van der Waals surface area (Å²) in [7, 11) is 0. The highest BCUT2D eigenvalue weighted by Crippen LogP contribution is 2.36. The maximum absolute atomic E-state index is 12.6. The number of carbonyl (C=O) groups excluding carboxylic acids is 1. The quantitative estimate of drug-likeness (QED) is 0.779. The molecule has 0 unspecified atom stereocenters. The number of hydrogen-bond acceptors (Lipinski definition) is 2. The molecule has 1 fully saturated rings. The van der Waals surface area contributed by atoms with Crippen molar-refractivity contribution < 1.29 is 9.90 Å². The topological polar surface area (TPSA) is 43.8 Å². The SMILES string of the molecule is O=C(N1CCCCC1)N1CCCc2cccc(O)c21. The first-order valence-corrected chi connectivity index (χ1v) is 7.14. The van der Waals surface area contributed by atoms with Crippen LogP contribution in [0.2, 0.25) is 0 Å². The lowest BCUT2D eigenvalue weighted by atomic mass is 10.0. The lowest BCUT2D eigenvalue weighted by molar-refractivity contribution is 0.192. The molecule has 2 aliphatic heterocycles. The third-order valence-corrected chi connectivity index (χ3v) is 4.05. The van der Waals surface area contributed by atoms with Gasteiger partial charge >= 0.3 is 6.03 Å². The summed E-state index contributed by atoms with van der Waals surface area (Å²) in [6.07, 6.45) is 5.30. The number of likely N-dealkylation sites (tertiary alicyclic amines) is 1. The summed E-state index contributed by atoms with van der Waals surface area (Å²) < 4.78 is 0. The Balaban J connectivity index is 1.88. The van der Waals surface area contributed by atoms with E-state index >= 15 is 0 Å². The highest BCUT2D eigenvalue weighted by atomic mass is 16.3. The van der Waals surface area contributed by atoms with Gasteiger partial charge in [-0.2, -0.15) is 0 Å². The van der Waals surface area contributed by atoms with Gasteiger partial charge in [-0.05, 0) is 43.7 Å². The lowest BCUT2D eigenvalue weighted by Crippen LogP contribution is -2.47. The first-order valence-electron chi connectivity index (χ1n) is 7.14. The third-order valence-electron chi connectivity index (χ3n) is 4.05. The van der Waals surface area contributed by atoms with Crippen LogP contribution in [0, 0.1) is 0 Å². The van der Waals surface area contributed by atoms with Gasteiger partial charge < -0.3 is 10.0 Å². The second-order valence-corrected chi connectivity index (χ2v) is 5.37. The Kier molecular flexibility index (Phi) is 3.32. The smallest absolute Gasteiger partial charge is 0.324 e. The molecule has 0 radical (unpaired) electrons. The maximum atomic E-state index is 12.6. The lowest BCUT2D eigenvalue weighted by Gasteiger charge is -2.36. The molecule has 1 N–H and O–H groups in total. The normalized spacial score (nSPS) is 19.2. The van der Waals surface area contributed by atoms with Gasteiger partial charge in [0.1, 0.15) is 5.75 Å². The van der Waals surface area contributed by atoms with Gasteiger partial charge in [0, 0.05) is 19.6 Å². The molecule has 19 heavy (non-hydrogen) atoms. The molecule has 4 heteroatoms. The molecule has 1 aromatic carbocycles. The molecule has 0 spiro atoms. The van der Waals surface area contributed by atoms with Gasteiger partial charge in [-0.25, -0.2) is 4.79 Å². The van der Waals surface area contributed by atoms with Gasteiger partial charge in [-0.1, -0.05) is 12.1 Å². The second kappa shape index (κ2) is 5.11. The highest BCUT2D eigenvalue weighted by Gasteiger charge is 2.29. The number of piperidine rings is 1. The van der Waals surface area contributed by atoms with Gasteiger partial charge in [0.25, 0.3) is 0 Å². The van der Waals surface area contributed by atoms with E-state index in [9.17, 15) is 9.90 Å². The second-order valence-electron chi connectivity index (χ2n) is 5.37. The fraction of sp³-hybridized carbons (Fsp3) is 0.533. The van der Waals surface area contributed by atoms with Crippen LogP contribution < -0.4 is 4.90 Å². The summed E-state index contributed by atoms with van der Waals surface area (Å²) in [4.78, 5) is 16.3. The maximum Gasteiger partial charge on any atom is 0.324 e. The van der Waals surface area contributed by atoms with Gasteiger partial charge in [-0.15, -0.1) is 0 Å². The molecule has 0 aliphatic carbocycles. The molecule has 0 bridgehead atoms. The first kappa shape index (κ1) is 12.3. The van der Waals surface area contributed by atoms with E-state index < -0.39 is 0 Å². The summed E-state index contributed by atoms with van der Waals surface area (Å²) in [6, 6.07) is 5.58. The Morgan fingerprint density at radius 2 is 1.84 bits per heavy atom. The molecule has 3 rings (SSSR count). The molecule has 1 aromatic rings. The number of phenolic OH excluding ortho intramolecular Hbond substituents is 1. The van der Waals surface area contributed by atoms with E-state index in [2.05, 4.69) is 0 Å². The Morgan fingerprint density at radius 1 is 1.05 bits per heavy atom. The fourth-order valence-electron chi connectivity index (χ4n) is 3.08. The van der Waals surface area contributed by atoms with Gasteiger partial charge in [0.15, 0.2) is 0 Å². The number of fused-ring (bicyclic) bond motifs is 1. The highest BCUT2D eigenvalue weighted by molar-refractivity contribution is 5.95. The number of anilines is 1. The molecule has 102 valence electrons. The third kappa shape index (κ3) is 2.27. The molecule has 0 aromatic heterocycles. The number of amides is 2. The average Bonchev–Trinajstić information content (AvgIpc) is 2.47. The predicted octanol–water partition coefficient (Wildman–Crippen LogP) is 2.75. The van der Waals surface area contributed by atoms with Gasteiger partial charge in [0.2, 0.25) is 0 Å². The van der Waals surface area contributed by atoms with Crippen molar-refractivity contribution in [3.05, 3.63) is 23.8 Å². The Labute approximate surface area is 113 Å². The number of carbonyl (C=O) groups is 1. The standard InChI is InChI=1S/C15H20N2O2/c18-13-8-4-6-12-7-5-11-17(14(12)13)15(19)16-9-2-1-3-10-16/h4,6,8,18H,1-3,5,7,9-11H2. The molecule has 4 nitrogen and oxygen atoms in total. The van der Waals surface area contributed by atoms with Crippen molar-refractivity contribution in [1.29, 1.82) is 0 Å². The summed E-state index contributed by atoms with van der Waals surface area (Å²) in [6.45, 7) is 2.40. The van der Waals surface area contributed by atoms with Crippen LogP contribution in [0.1, 0.15) is 31.2 Å². The van der Waals surface area contributed by atoms with Crippen molar-refractivity contribution in [2.75, 3.05) is 24.5 Å². The zero-order valence-electron chi connectivity index (χ0n) is 11.1. The average molecular weight is 260 g/mol. The van der Waals surface area contributed by atoms with Crippen LogP contribution in [0.3, 0.4) is 0 Å². The van der Waals surface area contributed by atoms with Crippen molar-refractivity contribution in [3.63, 3.8) is 0 Å². The minimum atomic E-state index is 0.0575. The van der Waals surface area contributed by atoms with Crippen LogP contribution in [0.4, 0.5) is 10.5 Å². The summed E-state index contributed by atoms with van der Waals surface area (Å²) >= 11 is 0. The molecule has 0 saturated carbocycles. The number of benzene rings is 1. The summed E-state index contributed by atoms with van der Waals surface area (Å²) in [5, 5.41) is 10.1. The van der Waals surface area contributed by atoms with Crippen LogP contribution in [-0.2, 0) is 6.42 Å². The monoisotopic (exact) mass is 260 g/mol. The summed E-state index contributed by atoms with van der Waals surface area (Å²) in [5.74, 6) is 0.225. The van der Waals surface area contributed by atoms with Crippen LogP contribution >= 0.6 is 0 Å². The van der Waals surface area contributed by atoms with Crippen molar-refractivity contribution in [2.45, 2.75) is 32.1 Å². The molecule has 2 heterocycles. The molecule has 2 amide bonds. The molecule has 1 saturated heterocycles. The van der Waals surface area contributed by atoms with Crippen molar-refractivity contribution in [2.24, 2.45) is 0 Å². The number of urea groups is 1. The van der Waals surface area contributed by atoms with Crippen LogP contribution in [-0.4, -0.2) is 35.7 Å². The van der Waals surface area contributed by atoms with E-state index in [4.69, 9.17) is 0 Å². The number of hydrogen-bond donors (Lipinski definition) is 1. The number of aryl methyl sites for hydroxylation is 1. The van der Waals surface area contributed by atoms with E-state index in [1.54, 1.807) is 11.0 Å². The van der Waals surface area contributed by atoms with Crippen molar-refractivity contribution in [1.82, 2.24) is 4.90 Å². The molecule has 2 aliphatic rings. The van der Waals surface area contributed by atoms with Gasteiger partial charge in [-0.3, -0.25) is 4.90 Å². The Morgan fingerprint density at radius 3 is 2.63 bits per heavy atom. The number of aromatic hydroxyl groups is 1. The first-order chi connectivity index (χ1) is 9.27. The van der Waals surface area contributed by atoms with Gasteiger partial charge in [0.05, 0.1) is 5.69 Å². The minimum absolute atomic E-state index is 0.0575. The zero-order valence-corrected chi connectivity index (χ0v) is 11.1. The number of nitrogens with zero attached hydrogens (tertiary/aromatic N) is 2. The van der Waals surface area contributed by atoms with E-state index in [0.717, 1.165) is 50.0 Å². The Bertz CT molecular complexity index is 481. The summed E-state index contributed by atoms with van der Waals surface area (Å²) in [5.41, 5.74) is 1.81. The zero-order chi connectivity index (χ0) is 13.2. The fourth-order valence-corrected chi connectivity index (χ4v) is 3.08. The molecular weight excluding hydrogens is 240 g/mol. The predicted molar refractivity (Wildman–Crippen MR) is 74.6 cm³/mol. The van der Waals surface area contributed by atoms with Crippen LogP contribution in [0.5, 0.6) is 5.75 Å². The largest absolute Gasteiger partial charge is 0.506 e. The number of para-hydroxylation sites is 1. The number of rotatable bonds is 0. The van der Waals surface area contributed by atoms with E-state index in [-0.39, 0.29) is 11.8 Å². The van der Waals surface area contributed by atoms with E-state index in [0.29, 0.717) is 6.54 Å². The van der Waals surface area contributed by atoms with Crippen LogP contribution in [0.15, 0.2) is 18.2 Å². The van der Waals surface area contributed by atoms with E-state index in [1.807, 2.05) is 17.0 Å². The van der Waals surface area contributed by atoms with Crippen molar-refractivity contribution in [3.8, 4) is 5.75 Å². The molecule has 0 atom stereocenters. The van der Waals surface area contributed by atoms with Crippen molar-refractivity contribution >= 4 is 11.7 Å². The Hall–Kier alpha value is -1.71. The molecular formula is C15H20N2O2. The minimum Gasteiger partial charge on any atom is -0.506 e.